The van der Waals surface area contributed by atoms with Gasteiger partial charge in [-0.15, -0.1) is 0 Å². The monoisotopic (exact) mass is 695 g/mol. The minimum atomic E-state index is -0.307. The second kappa shape index (κ2) is 14.5. The average molecular weight is 696 g/mol. The maximum atomic E-state index is 14.1. The van der Waals surface area contributed by atoms with Gasteiger partial charge in [-0.05, 0) is 74.8 Å². The average Bonchev–Trinajstić information content (AvgIpc) is 3.65. The molecule has 0 unspecified atom stereocenters. The van der Waals surface area contributed by atoms with Gasteiger partial charge < -0.3 is 39.0 Å². The van der Waals surface area contributed by atoms with Crippen molar-refractivity contribution in [2.45, 2.75) is 63.1 Å². The third-order valence-electron chi connectivity index (χ3n) is 11.3. The molecule has 2 aromatic carbocycles. The molecule has 2 saturated heterocycles. The molecule has 2 aliphatic heterocycles. The van der Waals surface area contributed by atoms with E-state index in [0.29, 0.717) is 50.4 Å². The molecule has 1 amide bonds. The van der Waals surface area contributed by atoms with Gasteiger partial charge in [-0.2, -0.15) is 0 Å². The Hall–Kier alpha value is -4.77. The van der Waals surface area contributed by atoms with Crippen LogP contribution in [-0.2, 0) is 23.1 Å². The number of hydrogen-bond acceptors (Lipinski definition) is 9. The lowest BCUT2D eigenvalue weighted by atomic mass is 9.62. The lowest BCUT2D eigenvalue weighted by Gasteiger charge is -2.48. The van der Waals surface area contributed by atoms with Crippen molar-refractivity contribution in [3.8, 4) is 17.2 Å². The van der Waals surface area contributed by atoms with Gasteiger partial charge in [0.1, 0.15) is 23.1 Å². The third kappa shape index (κ3) is 7.08. The van der Waals surface area contributed by atoms with Crippen molar-refractivity contribution in [1.29, 1.82) is 0 Å². The van der Waals surface area contributed by atoms with Crippen LogP contribution in [0.2, 0.25) is 0 Å². The smallest absolute Gasteiger partial charge is 0.253 e. The molecular weight excluding hydrogens is 646 g/mol. The number of rotatable bonds is 14. The van der Waals surface area contributed by atoms with Crippen LogP contribution in [-0.4, -0.2) is 73.0 Å². The molecule has 4 aliphatic rings. The summed E-state index contributed by atoms with van der Waals surface area (Å²) >= 11 is 0. The van der Waals surface area contributed by atoms with E-state index >= 15 is 0 Å². The molecule has 2 aromatic heterocycles. The molecule has 4 aromatic rings. The van der Waals surface area contributed by atoms with Crippen LogP contribution in [0, 0.1) is 11.3 Å². The van der Waals surface area contributed by atoms with Crippen LogP contribution < -0.4 is 30.4 Å². The van der Waals surface area contributed by atoms with Gasteiger partial charge in [-0.1, -0.05) is 12.1 Å². The summed E-state index contributed by atoms with van der Waals surface area (Å²) in [7, 11) is 6.80. The minimum Gasteiger partial charge on any atom is -0.497 e. The molecule has 2 N–H and O–H groups in total. The summed E-state index contributed by atoms with van der Waals surface area (Å²) in [4.78, 5) is 33.1. The molecule has 270 valence electrons. The second-order valence-corrected chi connectivity index (χ2v) is 14.7. The summed E-state index contributed by atoms with van der Waals surface area (Å²) in [5, 5.41) is 9.33. The van der Waals surface area contributed by atoms with Crippen LogP contribution in [0.3, 0.4) is 0 Å². The Bertz CT molecular complexity index is 1930. The molecule has 8 rings (SSSR count). The first-order valence-electron chi connectivity index (χ1n) is 17.9. The first kappa shape index (κ1) is 34.7. The number of aryl methyl sites for hydroxylation is 1. The number of nitrogens with zero attached hydrogens (tertiary/aromatic N) is 3. The van der Waals surface area contributed by atoms with E-state index < -0.39 is 0 Å². The predicted molar refractivity (Wildman–Crippen MR) is 198 cm³/mol. The molecular formula is C40H49N5O6. The summed E-state index contributed by atoms with van der Waals surface area (Å²) in [5.74, 6) is 3.45. The Morgan fingerprint density at radius 3 is 2.51 bits per heavy atom. The predicted octanol–water partition coefficient (Wildman–Crippen LogP) is 6.01. The van der Waals surface area contributed by atoms with Crippen molar-refractivity contribution in [3.05, 3.63) is 82.9 Å². The number of carbonyl (C=O) groups is 1. The summed E-state index contributed by atoms with van der Waals surface area (Å²) in [6.45, 7) is 2.30. The van der Waals surface area contributed by atoms with Crippen molar-refractivity contribution in [1.82, 2.24) is 14.5 Å². The van der Waals surface area contributed by atoms with Gasteiger partial charge >= 0.3 is 0 Å². The first-order valence-corrected chi connectivity index (χ1v) is 17.9. The van der Waals surface area contributed by atoms with E-state index in [1.165, 1.54) is 10.6 Å². The number of amides is 1. The van der Waals surface area contributed by atoms with Gasteiger partial charge in [0, 0.05) is 92.2 Å². The quantitative estimate of drug-likeness (QED) is 0.164. The van der Waals surface area contributed by atoms with E-state index in [-0.39, 0.29) is 22.4 Å². The first-order chi connectivity index (χ1) is 24.7. The Kier molecular flexibility index (Phi) is 9.83. The number of methoxy groups -OCH3 is 3. The highest BCUT2D eigenvalue weighted by Gasteiger charge is 2.66. The van der Waals surface area contributed by atoms with Crippen molar-refractivity contribution < 1.29 is 23.7 Å². The Labute approximate surface area is 299 Å². The van der Waals surface area contributed by atoms with Crippen LogP contribution in [0.15, 0.2) is 71.8 Å². The topological polar surface area (TPSA) is 116 Å². The normalized spacial score (nSPS) is 23.8. The Morgan fingerprint density at radius 2 is 1.76 bits per heavy atom. The second-order valence-electron chi connectivity index (χ2n) is 14.7. The fraction of sp³-hybridized carbons (Fsp3) is 0.475. The molecule has 0 radical (unpaired) electrons. The molecule has 4 fully saturated rings. The molecule has 2 aliphatic carbocycles. The lowest BCUT2D eigenvalue weighted by molar-refractivity contribution is -0.136. The van der Waals surface area contributed by atoms with E-state index in [1.807, 2.05) is 42.6 Å². The molecule has 0 atom stereocenters. The molecule has 2 bridgehead atoms. The van der Waals surface area contributed by atoms with Gasteiger partial charge in [0.05, 0.1) is 32.5 Å². The number of pyridine rings is 2. The van der Waals surface area contributed by atoms with Gasteiger partial charge in [0.25, 0.3) is 5.56 Å². The van der Waals surface area contributed by atoms with Crippen molar-refractivity contribution in [3.63, 3.8) is 0 Å². The number of hydrogen-bond donors (Lipinski definition) is 2. The summed E-state index contributed by atoms with van der Waals surface area (Å²) in [6, 6.07) is 17.4. The third-order valence-corrected chi connectivity index (χ3v) is 11.3. The maximum Gasteiger partial charge on any atom is 0.253 e. The van der Waals surface area contributed by atoms with Gasteiger partial charge in [-0.3, -0.25) is 9.59 Å². The van der Waals surface area contributed by atoms with Gasteiger partial charge in [0.2, 0.25) is 5.91 Å². The Morgan fingerprint density at radius 1 is 0.941 bits per heavy atom. The number of fused-ring (bicyclic) bond motifs is 2. The number of anilines is 2. The summed E-state index contributed by atoms with van der Waals surface area (Å²) < 4.78 is 24.3. The SMILES string of the molecule is COc1ccc(CNc2nccc3c(NCC45CC(COc6ccn(C)c(=O)c6)(CN4C(=O)CC4CCC(OC)CC4)C5)cccc23)c(OC)c1. The van der Waals surface area contributed by atoms with E-state index in [2.05, 4.69) is 32.7 Å². The van der Waals surface area contributed by atoms with Crippen molar-refractivity contribution in [2.75, 3.05) is 51.7 Å². The van der Waals surface area contributed by atoms with Crippen LogP contribution in [0.1, 0.15) is 50.5 Å². The number of ether oxygens (including phenoxy) is 4. The number of nitrogens with one attached hydrogen (secondary N) is 2. The fourth-order valence-corrected chi connectivity index (χ4v) is 8.60. The molecule has 0 spiro atoms. The Balaban J connectivity index is 1.07. The highest BCUT2D eigenvalue weighted by molar-refractivity contribution is 6.00. The van der Waals surface area contributed by atoms with Crippen LogP contribution in [0.4, 0.5) is 11.5 Å². The summed E-state index contributed by atoms with van der Waals surface area (Å²) in [5.41, 5.74) is 1.44. The van der Waals surface area contributed by atoms with E-state index in [4.69, 9.17) is 18.9 Å². The van der Waals surface area contributed by atoms with Crippen molar-refractivity contribution in [2.24, 2.45) is 18.4 Å². The largest absolute Gasteiger partial charge is 0.497 e. The number of benzene rings is 2. The highest BCUT2D eigenvalue weighted by Crippen LogP contribution is 2.60. The van der Waals surface area contributed by atoms with Crippen molar-refractivity contribution >= 4 is 28.2 Å². The van der Waals surface area contributed by atoms with Crippen LogP contribution in [0.5, 0.6) is 17.2 Å². The van der Waals surface area contributed by atoms with Crippen LogP contribution >= 0.6 is 0 Å². The maximum absolute atomic E-state index is 14.1. The van der Waals surface area contributed by atoms with Crippen LogP contribution in [0.25, 0.3) is 10.8 Å². The standard InChI is InChI=1S/C40H49N5O6/c1-44-17-15-31(20-36(44)46)51-26-39-22-40(23-39,45(25-39)37(47)18-27-8-11-29(48-2)12-9-27)24-43-34-7-5-6-33-32(34)14-16-41-38(33)42-21-28-10-13-30(49-3)19-35(28)50-4/h5-7,10,13-17,19-20,27,29,43H,8-9,11-12,18,21-26H2,1-4H3,(H,41,42). The zero-order valence-corrected chi connectivity index (χ0v) is 30.1. The zero-order valence-electron chi connectivity index (χ0n) is 30.1. The lowest BCUT2D eigenvalue weighted by Crippen LogP contribution is -2.56. The highest BCUT2D eigenvalue weighted by atomic mass is 16.5. The molecule has 4 heterocycles. The fourth-order valence-electron chi connectivity index (χ4n) is 8.60. The minimum absolute atomic E-state index is 0.104. The molecule has 2 saturated carbocycles. The van der Waals surface area contributed by atoms with Gasteiger partial charge in [-0.25, -0.2) is 4.98 Å². The number of aromatic nitrogens is 2. The molecule has 11 heteroatoms. The summed E-state index contributed by atoms with van der Waals surface area (Å²) in [6.07, 6.45) is 10.2. The van der Waals surface area contributed by atoms with E-state index in [9.17, 15) is 9.59 Å². The van der Waals surface area contributed by atoms with Gasteiger partial charge in [0.15, 0.2) is 0 Å². The van der Waals surface area contributed by atoms with E-state index in [1.54, 1.807) is 34.6 Å². The molecule has 11 nitrogen and oxygen atoms in total. The zero-order chi connectivity index (χ0) is 35.6. The van der Waals surface area contributed by atoms with E-state index in [0.717, 1.165) is 77.9 Å². The molecule has 51 heavy (non-hydrogen) atoms. The number of carbonyl (C=O) groups excluding carboxylic acids is 1.